The monoisotopic (exact) mass is 362 g/mol. The molecule has 0 spiro atoms. The third kappa shape index (κ3) is 3.91. The Morgan fingerprint density at radius 3 is 2.75 bits per heavy atom. The highest BCUT2D eigenvalue weighted by Gasteiger charge is 2.20. The second-order valence-corrected chi connectivity index (χ2v) is 7.35. The molecule has 0 unspecified atom stereocenters. The van der Waals surface area contributed by atoms with Gasteiger partial charge in [-0.1, -0.05) is 0 Å². The van der Waals surface area contributed by atoms with Gasteiger partial charge in [0.05, 0.1) is 0 Å². The molecule has 2 heterocycles. The zero-order valence-corrected chi connectivity index (χ0v) is 13.8. The van der Waals surface area contributed by atoms with E-state index in [0.717, 1.165) is 19.6 Å². The van der Waals surface area contributed by atoms with E-state index in [0.29, 0.717) is 16.8 Å². The number of halogens is 1. The summed E-state index contributed by atoms with van der Waals surface area (Å²) >= 11 is 3.25. The van der Waals surface area contributed by atoms with Crippen molar-refractivity contribution >= 4 is 31.8 Å². The number of pyridine rings is 1. The predicted molar refractivity (Wildman–Crippen MR) is 82.3 cm³/mol. The van der Waals surface area contributed by atoms with Crippen molar-refractivity contribution in [3.63, 3.8) is 0 Å². The van der Waals surface area contributed by atoms with Gasteiger partial charge in [0.25, 0.3) is 0 Å². The fourth-order valence-electron chi connectivity index (χ4n) is 2.24. The second kappa shape index (κ2) is 6.84. The Morgan fingerprint density at radius 1 is 1.40 bits per heavy atom. The molecule has 1 aliphatic rings. The van der Waals surface area contributed by atoms with Crippen molar-refractivity contribution in [3.8, 4) is 0 Å². The van der Waals surface area contributed by atoms with Crippen LogP contribution in [0, 0.1) is 0 Å². The van der Waals surface area contributed by atoms with Crippen LogP contribution in [0.25, 0.3) is 0 Å². The number of sulfonamides is 1. The lowest BCUT2D eigenvalue weighted by Gasteiger charge is -2.15. The summed E-state index contributed by atoms with van der Waals surface area (Å²) in [6.07, 6.45) is 3.97. The maximum atomic E-state index is 12.3. The molecular weight excluding hydrogens is 344 g/mol. The topological polar surface area (TPSA) is 74.3 Å². The molecule has 0 saturated carbocycles. The molecular formula is C12H19BrN4O2S. The Balaban J connectivity index is 2.03. The first-order chi connectivity index (χ1) is 9.53. The van der Waals surface area contributed by atoms with E-state index < -0.39 is 10.0 Å². The number of hydrogen-bond donors (Lipinski definition) is 2. The zero-order chi connectivity index (χ0) is 14.6. The first-order valence-electron chi connectivity index (χ1n) is 6.58. The van der Waals surface area contributed by atoms with Gasteiger partial charge in [0.2, 0.25) is 10.0 Å². The van der Waals surface area contributed by atoms with Crippen LogP contribution in [-0.4, -0.2) is 51.5 Å². The Hall–Kier alpha value is -0.700. The minimum atomic E-state index is -3.55. The zero-order valence-electron chi connectivity index (χ0n) is 11.4. The molecule has 1 aliphatic heterocycles. The van der Waals surface area contributed by atoms with Crippen LogP contribution in [0.15, 0.2) is 21.6 Å². The van der Waals surface area contributed by atoms with Gasteiger partial charge in [-0.3, -0.25) is 0 Å². The second-order valence-electron chi connectivity index (χ2n) is 4.70. The van der Waals surface area contributed by atoms with E-state index in [4.69, 9.17) is 0 Å². The molecule has 8 heteroatoms. The fraction of sp³-hybridized carbons (Fsp3) is 0.583. The number of nitrogens with one attached hydrogen (secondary N) is 2. The van der Waals surface area contributed by atoms with Crippen molar-refractivity contribution in [3.05, 3.63) is 16.7 Å². The largest absolute Gasteiger partial charge is 0.372 e. The third-order valence-electron chi connectivity index (χ3n) is 3.26. The maximum absolute atomic E-state index is 12.3. The first kappa shape index (κ1) is 15.7. The van der Waals surface area contributed by atoms with Crippen LogP contribution < -0.4 is 10.0 Å². The highest BCUT2D eigenvalue weighted by molar-refractivity contribution is 9.10. The van der Waals surface area contributed by atoms with Gasteiger partial charge < -0.3 is 10.2 Å². The van der Waals surface area contributed by atoms with Gasteiger partial charge in [0, 0.05) is 30.8 Å². The number of likely N-dealkylation sites (tertiary alicyclic amines) is 1. The van der Waals surface area contributed by atoms with E-state index in [-0.39, 0.29) is 4.90 Å². The van der Waals surface area contributed by atoms with Crippen molar-refractivity contribution in [2.24, 2.45) is 0 Å². The Morgan fingerprint density at radius 2 is 2.10 bits per heavy atom. The number of rotatable bonds is 6. The molecule has 0 aromatic carbocycles. The van der Waals surface area contributed by atoms with E-state index in [9.17, 15) is 8.42 Å². The number of aromatic nitrogens is 1. The van der Waals surface area contributed by atoms with Crippen molar-refractivity contribution < 1.29 is 8.42 Å². The van der Waals surface area contributed by atoms with Gasteiger partial charge in [0.1, 0.15) is 10.7 Å². The first-order valence-corrected chi connectivity index (χ1v) is 8.86. The van der Waals surface area contributed by atoms with E-state index in [1.54, 1.807) is 19.3 Å². The van der Waals surface area contributed by atoms with Gasteiger partial charge in [-0.2, -0.15) is 0 Å². The smallest absolute Gasteiger partial charge is 0.244 e. The standard InChI is InChI=1S/C12H19BrN4O2S/c1-14-12-11(8-10(13)9-15-12)20(18,19)16-4-7-17-5-2-3-6-17/h8-9,16H,2-7H2,1H3,(H,14,15). The normalized spacial score (nSPS) is 16.5. The summed E-state index contributed by atoms with van der Waals surface area (Å²) in [5, 5.41) is 2.80. The molecule has 0 bridgehead atoms. The molecule has 2 rings (SSSR count). The number of anilines is 1. The average Bonchev–Trinajstić information content (AvgIpc) is 2.91. The van der Waals surface area contributed by atoms with Crippen molar-refractivity contribution in [2.45, 2.75) is 17.7 Å². The summed E-state index contributed by atoms with van der Waals surface area (Å²) in [6, 6.07) is 1.55. The summed E-state index contributed by atoms with van der Waals surface area (Å²) in [5.74, 6) is 0.349. The third-order valence-corrected chi connectivity index (χ3v) is 5.17. The highest BCUT2D eigenvalue weighted by Crippen LogP contribution is 2.22. The highest BCUT2D eigenvalue weighted by atomic mass is 79.9. The SMILES string of the molecule is CNc1ncc(Br)cc1S(=O)(=O)NCCN1CCCC1. The molecule has 0 amide bonds. The van der Waals surface area contributed by atoms with Gasteiger partial charge in [-0.05, 0) is 47.9 Å². The van der Waals surface area contributed by atoms with Crippen LogP contribution in [0.5, 0.6) is 0 Å². The summed E-state index contributed by atoms with van der Waals surface area (Å²) in [6.45, 7) is 3.28. The lowest BCUT2D eigenvalue weighted by molar-refractivity contribution is 0.344. The van der Waals surface area contributed by atoms with Crippen LogP contribution >= 0.6 is 15.9 Å². The van der Waals surface area contributed by atoms with Crippen LogP contribution in [0.1, 0.15) is 12.8 Å². The molecule has 112 valence electrons. The van der Waals surface area contributed by atoms with E-state index in [1.807, 2.05) is 0 Å². The summed E-state index contributed by atoms with van der Waals surface area (Å²) < 4.78 is 27.9. The molecule has 0 atom stereocenters. The van der Waals surface area contributed by atoms with Crippen molar-refractivity contribution in [2.75, 3.05) is 38.5 Å². The van der Waals surface area contributed by atoms with E-state index in [2.05, 4.69) is 35.9 Å². The van der Waals surface area contributed by atoms with Gasteiger partial charge in [-0.25, -0.2) is 18.1 Å². The van der Waals surface area contributed by atoms with E-state index in [1.165, 1.54) is 12.8 Å². The lowest BCUT2D eigenvalue weighted by atomic mass is 10.4. The molecule has 2 N–H and O–H groups in total. The van der Waals surface area contributed by atoms with Crippen LogP contribution in [0.4, 0.5) is 5.82 Å². The minimum absolute atomic E-state index is 0.163. The molecule has 6 nitrogen and oxygen atoms in total. The predicted octanol–water partition coefficient (Wildman–Crippen LogP) is 1.26. The van der Waals surface area contributed by atoms with Crippen molar-refractivity contribution in [1.82, 2.24) is 14.6 Å². The number of nitrogens with zero attached hydrogens (tertiary/aromatic N) is 2. The minimum Gasteiger partial charge on any atom is -0.372 e. The molecule has 1 saturated heterocycles. The van der Waals surface area contributed by atoms with Crippen LogP contribution in [0.3, 0.4) is 0 Å². The van der Waals surface area contributed by atoms with Crippen molar-refractivity contribution in [1.29, 1.82) is 0 Å². The van der Waals surface area contributed by atoms with Gasteiger partial charge in [0.15, 0.2) is 0 Å². The quantitative estimate of drug-likeness (QED) is 0.796. The number of hydrogen-bond acceptors (Lipinski definition) is 5. The molecule has 0 radical (unpaired) electrons. The fourth-order valence-corrected chi connectivity index (χ4v) is 3.93. The summed E-state index contributed by atoms with van der Waals surface area (Å²) in [4.78, 5) is 6.49. The molecule has 1 fully saturated rings. The summed E-state index contributed by atoms with van der Waals surface area (Å²) in [5.41, 5.74) is 0. The summed E-state index contributed by atoms with van der Waals surface area (Å²) in [7, 11) is -1.90. The molecule has 0 aliphatic carbocycles. The molecule has 1 aromatic rings. The Kier molecular flexibility index (Phi) is 5.36. The lowest BCUT2D eigenvalue weighted by Crippen LogP contribution is -2.33. The molecule has 20 heavy (non-hydrogen) atoms. The maximum Gasteiger partial charge on any atom is 0.244 e. The van der Waals surface area contributed by atoms with Crippen LogP contribution in [-0.2, 0) is 10.0 Å². The Labute approximate surface area is 128 Å². The van der Waals surface area contributed by atoms with Gasteiger partial charge >= 0.3 is 0 Å². The average molecular weight is 363 g/mol. The van der Waals surface area contributed by atoms with E-state index >= 15 is 0 Å². The van der Waals surface area contributed by atoms with Crippen LogP contribution in [0.2, 0.25) is 0 Å². The molecule has 1 aromatic heterocycles. The van der Waals surface area contributed by atoms with Gasteiger partial charge in [-0.15, -0.1) is 0 Å². The Bertz CT molecular complexity index is 559.